The van der Waals surface area contributed by atoms with Crippen LogP contribution in [0.1, 0.15) is 48.2 Å². The number of piperidine rings is 1. The van der Waals surface area contributed by atoms with E-state index in [9.17, 15) is 9.59 Å². The lowest BCUT2D eigenvalue weighted by Crippen LogP contribution is -2.53. The maximum Gasteiger partial charge on any atom is 0.274 e. The van der Waals surface area contributed by atoms with E-state index in [1.54, 1.807) is 23.3 Å². The molecule has 2 aromatic heterocycles. The number of hydrogen-bond donors (Lipinski definition) is 0. The molecule has 1 saturated carbocycles. The van der Waals surface area contributed by atoms with E-state index in [1.807, 2.05) is 35.2 Å². The summed E-state index contributed by atoms with van der Waals surface area (Å²) in [5.41, 5.74) is 1.50. The monoisotopic (exact) mass is 381 g/mol. The van der Waals surface area contributed by atoms with E-state index in [0.717, 1.165) is 37.7 Å². The van der Waals surface area contributed by atoms with Crippen LogP contribution in [0.4, 0.5) is 0 Å². The largest absolute Gasteiger partial charge is 0.340 e. The molecule has 0 bridgehead atoms. The Balaban J connectivity index is 1.51. The first kappa shape index (κ1) is 18.7. The summed E-state index contributed by atoms with van der Waals surface area (Å²) >= 11 is 0. The lowest BCUT2D eigenvalue weighted by Gasteiger charge is -2.41. The second-order valence-corrected chi connectivity index (χ2v) is 7.93. The summed E-state index contributed by atoms with van der Waals surface area (Å²) in [4.78, 5) is 38.2. The van der Waals surface area contributed by atoms with Crippen LogP contribution in [-0.4, -0.2) is 55.3 Å². The molecule has 1 aliphatic carbocycles. The zero-order chi connectivity index (χ0) is 19.5. The quantitative estimate of drug-likeness (QED) is 0.796. The molecule has 1 atom stereocenters. The van der Waals surface area contributed by atoms with Crippen LogP contribution in [0, 0.1) is 5.92 Å². The van der Waals surface area contributed by atoms with E-state index in [2.05, 4.69) is 9.97 Å². The summed E-state index contributed by atoms with van der Waals surface area (Å²) in [6.07, 6.45) is 11.9. The van der Waals surface area contributed by atoms with Crippen LogP contribution in [-0.2, 0) is 18.4 Å². The third-order valence-corrected chi connectivity index (χ3v) is 5.86. The van der Waals surface area contributed by atoms with Gasteiger partial charge >= 0.3 is 0 Å². The highest BCUT2D eigenvalue weighted by Gasteiger charge is 2.36. The minimum Gasteiger partial charge on any atom is -0.340 e. The molecule has 7 nitrogen and oxygen atoms in total. The smallest absolute Gasteiger partial charge is 0.274 e. The molecule has 2 fully saturated rings. The van der Waals surface area contributed by atoms with Crippen molar-refractivity contribution >= 4 is 11.8 Å². The van der Waals surface area contributed by atoms with E-state index in [1.165, 1.54) is 0 Å². The van der Waals surface area contributed by atoms with Gasteiger partial charge in [-0.1, -0.05) is 12.5 Å². The highest BCUT2D eigenvalue weighted by molar-refractivity contribution is 5.92. The van der Waals surface area contributed by atoms with Crippen LogP contribution >= 0.6 is 0 Å². The average molecular weight is 381 g/mol. The Morgan fingerprint density at radius 3 is 2.75 bits per heavy atom. The number of pyridine rings is 1. The minimum absolute atomic E-state index is 0.0368. The van der Waals surface area contributed by atoms with Gasteiger partial charge in [0, 0.05) is 57.2 Å². The number of carbonyl (C=O) groups is 2. The second kappa shape index (κ2) is 8.12. The highest BCUT2D eigenvalue weighted by Crippen LogP contribution is 2.31. The van der Waals surface area contributed by atoms with E-state index in [0.29, 0.717) is 25.3 Å². The first-order valence-corrected chi connectivity index (χ1v) is 10.1. The Morgan fingerprint density at radius 1 is 1.25 bits per heavy atom. The van der Waals surface area contributed by atoms with Gasteiger partial charge in [-0.05, 0) is 37.3 Å². The molecular weight excluding hydrogens is 354 g/mol. The standard InChI is InChI=1S/C21H27N5O2/c1-24-14-19(23-15-24)21(28)25-10-4-8-18(13-25)26(20(27)17-6-2-7-17)12-16-5-3-9-22-11-16/h3,5,9,11,14-15,17-18H,2,4,6-8,10,12-13H2,1H3/t18-/m0/s1. The zero-order valence-corrected chi connectivity index (χ0v) is 16.3. The number of amides is 2. The molecule has 7 heteroatoms. The van der Waals surface area contributed by atoms with Gasteiger partial charge in [0.15, 0.2) is 0 Å². The molecule has 2 aromatic rings. The van der Waals surface area contributed by atoms with Gasteiger partial charge in [-0.15, -0.1) is 0 Å². The molecule has 148 valence electrons. The van der Waals surface area contributed by atoms with Crippen molar-refractivity contribution < 1.29 is 9.59 Å². The molecule has 3 heterocycles. The fourth-order valence-corrected chi connectivity index (χ4v) is 4.04. The first-order chi connectivity index (χ1) is 13.6. The molecule has 2 aliphatic rings. The highest BCUT2D eigenvalue weighted by atomic mass is 16.2. The number of rotatable bonds is 5. The summed E-state index contributed by atoms with van der Waals surface area (Å²) in [5.74, 6) is 0.313. The first-order valence-electron chi connectivity index (χ1n) is 10.1. The van der Waals surface area contributed by atoms with Crippen LogP contribution in [0.5, 0.6) is 0 Å². The summed E-state index contributed by atoms with van der Waals surface area (Å²) < 4.78 is 1.78. The van der Waals surface area contributed by atoms with E-state index >= 15 is 0 Å². The van der Waals surface area contributed by atoms with Crippen molar-refractivity contribution in [3.8, 4) is 0 Å². The van der Waals surface area contributed by atoms with Gasteiger partial charge in [0.25, 0.3) is 5.91 Å². The van der Waals surface area contributed by atoms with Gasteiger partial charge in [0.2, 0.25) is 5.91 Å². The fraction of sp³-hybridized carbons (Fsp3) is 0.524. The van der Waals surface area contributed by atoms with Crippen LogP contribution in [0.15, 0.2) is 37.1 Å². The lowest BCUT2D eigenvalue weighted by molar-refractivity contribution is -0.142. The maximum absolute atomic E-state index is 13.2. The molecular formula is C21H27N5O2. The molecule has 0 aromatic carbocycles. The van der Waals surface area contributed by atoms with Gasteiger partial charge in [-0.25, -0.2) is 4.98 Å². The third-order valence-electron chi connectivity index (χ3n) is 5.86. The predicted molar refractivity (Wildman–Crippen MR) is 104 cm³/mol. The number of imidazole rings is 1. The number of hydrogen-bond acceptors (Lipinski definition) is 4. The van der Waals surface area contributed by atoms with Crippen molar-refractivity contribution in [1.29, 1.82) is 0 Å². The molecule has 4 rings (SSSR count). The molecule has 0 N–H and O–H groups in total. The van der Waals surface area contributed by atoms with Crippen LogP contribution in [0.3, 0.4) is 0 Å². The Morgan fingerprint density at radius 2 is 2.11 bits per heavy atom. The van der Waals surface area contributed by atoms with Crippen LogP contribution < -0.4 is 0 Å². The summed E-state index contributed by atoms with van der Waals surface area (Å²) in [7, 11) is 1.86. The Bertz CT molecular complexity index is 830. The maximum atomic E-state index is 13.2. The molecule has 0 spiro atoms. The van der Waals surface area contributed by atoms with Gasteiger partial charge in [-0.3, -0.25) is 14.6 Å². The molecule has 0 unspecified atom stereocenters. The predicted octanol–water partition coefficient (Wildman–Crippen LogP) is 2.25. The molecule has 1 aliphatic heterocycles. The topological polar surface area (TPSA) is 71.3 Å². The molecule has 1 saturated heterocycles. The number of likely N-dealkylation sites (tertiary alicyclic amines) is 1. The van der Waals surface area contributed by atoms with Crippen molar-refractivity contribution in [1.82, 2.24) is 24.3 Å². The van der Waals surface area contributed by atoms with Crippen LogP contribution in [0.2, 0.25) is 0 Å². The van der Waals surface area contributed by atoms with Crippen molar-refractivity contribution in [3.05, 3.63) is 48.3 Å². The zero-order valence-electron chi connectivity index (χ0n) is 16.3. The van der Waals surface area contributed by atoms with Crippen molar-refractivity contribution in [2.45, 2.75) is 44.7 Å². The number of carbonyl (C=O) groups excluding carboxylic acids is 2. The second-order valence-electron chi connectivity index (χ2n) is 7.93. The van der Waals surface area contributed by atoms with E-state index in [-0.39, 0.29) is 23.8 Å². The Hall–Kier alpha value is -2.70. The van der Waals surface area contributed by atoms with Crippen molar-refractivity contribution in [2.24, 2.45) is 13.0 Å². The van der Waals surface area contributed by atoms with E-state index in [4.69, 9.17) is 0 Å². The van der Waals surface area contributed by atoms with Crippen molar-refractivity contribution in [2.75, 3.05) is 13.1 Å². The van der Waals surface area contributed by atoms with Gasteiger partial charge in [-0.2, -0.15) is 0 Å². The summed E-state index contributed by atoms with van der Waals surface area (Å²) in [6.45, 7) is 1.83. The number of nitrogens with zero attached hydrogens (tertiary/aromatic N) is 5. The van der Waals surface area contributed by atoms with E-state index < -0.39 is 0 Å². The SMILES string of the molecule is Cn1cnc(C(=O)N2CCC[C@H](N(Cc3cccnc3)C(=O)C3CCC3)C2)c1. The third kappa shape index (κ3) is 3.93. The van der Waals surface area contributed by atoms with Gasteiger partial charge in [0.05, 0.1) is 6.33 Å². The van der Waals surface area contributed by atoms with Gasteiger partial charge in [0.1, 0.15) is 5.69 Å². The Kier molecular flexibility index (Phi) is 5.41. The lowest BCUT2D eigenvalue weighted by atomic mass is 9.83. The summed E-state index contributed by atoms with van der Waals surface area (Å²) in [6, 6.07) is 3.95. The van der Waals surface area contributed by atoms with Gasteiger partial charge < -0.3 is 14.4 Å². The van der Waals surface area contributed by atoms with Crippen molar-refractivity contribution in [3.63, 3.8) is 0 Å². The molecule has 0 radical (unpaired) electrons. The number of aromatic nitrogens is 3. The number of aryl methyl sites for hydroxylation is 1. The van der Waals surface area contributed by atoms with Crippen LogP contribution in [0.25, 0.3) is 0 Å². The molecule has 28 heavy (non-hydrogen) atoms. The molecule has 2 amide bonds. The minimum atomic E-state index is -0.0530. The normalized spacial score (nSPS) is 19.9. The fourth-order valence-electron chi connectivity index (χ4n) is 4.04. The summed E-state index contributed by atoms with van der Waals surface area (Å²) in [5, 5.41) is 0. The average Bonchev–Trinajstić information content (AvgIpc) is 3.11. The Labute approximate surface area is 165 Å².